The van der Waals surface area contributed by atoms with Gasteiger partial charge < -0.3 is 30.7 Å². The summed E-state index contributed by atoms with van der Waals surface area (Å²) in [6.45, 7) is 10.3. The maximum absolute atomic E-state index is 14.0. The van der Waals surface area contributed by atoms with Gasteiger partial charge in [0, 0.05) is 12.5 Å². The van der Waals surface area contributed by atoms with Gasteiger partial charge in [0.25, 0.3) is 0 Å². The number of carbonyl (C=O) groups is 5. The monoisotopic (exact) mass is 534 g/mol. The van der Waals surface area contributed by atoms with Crippen LogP contribution < -0.4 is 16.4 Å². The van der Waals surface area contributed by atoms with Crippen LogP contribution in [0, 0.1) is 0 Å². The van der Waals surface area contributed by atoms with Crippen LogP contribution >= 0.6 is 0 Å². The summed E-state index contributed by atoms with van der Waals surface area (Å²) < 4.78 is 9.95. The van der Waals surface area contributed by atoms with E-state index in [-0.39, 0.29) is 19.4 Å². The molecule has 0 aliphatic rings. The van der Waals surface area contributed by atoms with Crippen molar-refractivity contribution in [1.82, 2.24) is 15.5 Å². The van der Waals surface area contributed by atoms with Gasteiger partial charge in [-0.25, -0.2) is 4.79 Å². The van der Waals surface area contributed by atoms with Gasteiger partial charge in [0.1, 0.15) is 24.2 Å². The molecule has 0 spiro atoms. The van der Waals surface area contributed by atoms with Crippen LogP contribution in [0.15, 0.2) is 24.3 Å². The highest BCUT2D eigenvalue weighted by Gasteiger charge is 2.38. The number of rotatable bonds is 13. The third-order valence-corrected chi connectivity index (χ3v) is 5.85. The highest BCUT2D eigenvalue weighted by atomic mass is 16.6. The number of primary amides is 1. The van der Waals surface area contributed by atoms with Crippen LogP contribution in [0.5, 0.6) is 0 Å². The Labute approximate surface area is 224 Å². The summed E-state index contributed by atoms with van der Waals surface area (Å²) in [5, 5.41) is 5.09. The molecule has 1 rings (SSSR count). The Morgan fingerprint density at radius 1 is 1.05 bits per heavy atom. The van der Waals surface area contributed by atoms with Crippen LogP contribution in [-0.4, -0.2) is 66.0 Å². The number of benzene rings is 1. The zero-order valence-electron chi connectivity index (χ0n) is 23.5. The zero-order chi connectivity index (χ0) is 29.0. The lowest BCUT2D eigenvalue weighted by atomic mass is 9.97. The van der Waals surface area contributed by atoms with E-state index in [9.17, 15) is 24.0 Å². The fraction of sp³-hybridized carbons (Fsp3) is 0.593. The largest absolute Gasteiger partial charge is 0.468 e. The average Bonchev–Trinajstić information content (AvgIpc) is 2.86. The van der Waals surface area contributed by atoms with E-state index >= 15 is 0 Å². The van der Waals surface area contributed by atoms with E-state index in [1.54, 1.807) is 39.8 Å². The first-order chi connectivity index (χ1) is 17.7. The molecule has 0 radical (unpaired) electrons. The van der Waals surface area contributed by atoms with E-state index in [4.69, 9.17) is 10.5 Å². The highest BCUT2D eigenvalue weighted by Crippen LogP contribution is 2.27. The second kappa shape index (κ2) is 14.9. The minimum Gasteiger partial charge on any atom is -0.468 e. The third-order valence-electron chi connectivity index (χ3n) is 5.85. The summed E-state index contributed by atoms with van der Waals surface area (Å²) in [5.41, 5.74) is 6.06. The summed E-state index contributed by atoms with van der Waals surface area (Å²) in [4.78, 5) is 64.7. The highest BCUT2D eigenvalue weighted by molar-refractivity contribution is 5.93. The molecule has 0 saturated carbocycles. The van der Waals surface area contributed by atoms with E-state index in [1.807, 2.05) is 26.0 Å². The summed E-state index contributed by atoms with van der Waals surface area (Å²) in [5.74, 6) is -2.49. The Morgan fingerprint density at radius 3 is 2.13 bits per heavy atom. The summed E-state index contributed by atoms with van der Waals surface area (Å²) in [6.07, 6.45) is 0.150. The molecule has 0 aliphatic carbocycles. The molecule has 0 fully saturated rings. The number of carbonyl (C=O) groups excluding carboxylic acids is 5. The second-order valence-electron chi connectivity index (χ2n) is 10.00. The van der Waals surface area contributed by atoms with Gasteiger partial charge in [0.15, 0.2) is 0 Å². The molecule has 11 nitrogen and oxygen atoms in total. The summed E-state index contributed by atoms with van der Waals surface area (Å²) >= 11 is 0. The minimum absolute atomic E-state index is 0.0917. The lowest BCUT2D eigenvalue weighted by Gasteiger charge is -2.38. The lowest BCUT2D eigenvalue weighted by molar-refractivity contribution is -0.146. The van der Waals surface area contributed by atoms with Crippen LogP contribution in [0.25, 0.3) is 0 Å². The Balaban J connectivity index is 3.54. The molecule has 0 bridgehead atoms. The van der Waals surface area contributed by atoms with Gasteiger partial charge in [-0.1, -0.05) is 38.1 Å². The van der Waals surface area contributed by atoms with Crippen LogP contribution in [0.4, 0.5) is 4.79 Å². The van der Waals surface area contributed by atoms with Gasteiger partial charge in [-0.2, -0.15) is 0 Å². The Bertz CT molecular complexity index is 973. The van der Waals surface area contributed by atoms with Crippen LogP contribution in [0.3, 0.4) is 0 Å². The van der Waals surface area contributed by atoms with E-state index in [0.717, 1.165) is 12.0 Å². The zero-order valence-corrected chi connectivity index (χ0v) is 23.5. The van der Waals surface area contributed by atoms with Crippen molar-refractivity contribution in [3.63, 3.8) is 0 Å². The fourth-order valence-corrected chi connectivity index (χ4v) is 3.67. The van der Waals surface area contributed by atoms with Gasteiger partial charge in [-0.05, 0) is 58.1 Å². The number of aryl methyl sites for hydroxylation is 1. The molecule has 212 valence electrons. The summed E-state index contributed by atoms with van der Waals surface area (Å²) in [6, 6.07) is 4.44. The number of hydrogen-bond acceptors (Lipinski definition) is 7. The van der Waals surface area contributed by atoms with Gasteiger partial charge in [-0.15, -0.1) is 0 Å². The topological polar surface area (TPSA) is 157 Å². The number of methoxy groups -OCH3 is 1. The third kappa shape index (κ3) is 10.4. The smallest absolute Gasteiger partial charge is 0.408 e. The molecule has 0 saturated heterocycles. The Hall–Kier alpha value is -3.63. The predicted molar refractivity (Wildman–Crippen MR) is 142 cm³/mol. The van der Waals surface area contributed by atoms with Gasteiger partial charge in [0.2, 0.25) is 17.7 Å². The summed E-state index contributed by atoms with van der Waals surface area (Å²) in [7, 11) is 1.20. The van der Waals surface area contributed by atoms with Crippen molar-refractivity contribution in [2.24, 2.45) is 5.73 Å². The van der Waals surface area contributed by atoms with Gasteiger partial charge in [0.05, 0.1) is 7.11 Å². The maximum Gasteiger partial charge on any atom is 0.408 e. The van der Waals surface area contributed by atoms with Gasteiger partial charge in [-0.3, -0.25) is 19.2 Å². The Kier molecular flexibility index (Phi) is 12.7. The molecule has 3 atom stereocenters. The first-order valence-corrected chi connectivity index (χ1v) is 12.8. The molecule has 38 heavy (non-hydrogen) atoms. The molecule has 0 heterocycles. The first kappa shape index (κ1) is 32.4. The molecule has 1 aromatic rings. The molecule has 0 aliphatic heterocycles. The van der Waals surface area contributed by atoms with Gasteiger partial charge >= 0.3 is 12.1 Å². The molecule has 4 N–H and O–H groups in total. The van der Waals surface area contributed by atoms with E-state index in [1.165, 1.54) is 12.0 Å². The molecule has 3 unspecified atom stereocenters. The minimum atomic E-state index is -1.20. The molecule has 0 aromatic heterocycles. The van der Waals surface area contributed by atoms with Crippen molar-refractivity contribution in [2.45, 2.75) is 91.0 Å². The van der Waals surface area contributed by atoms with Crippen LogP contribution in [-0.2, 0) is 35.1 Å². The molecule has 11 heteroatoms. The number of hydrogen-bond donors (Lipinski definition) is 3. The second-order valence-corrected chi connectivity index (χ2v) is 10.00. The van der Waals surface area contributed by atoms with Crippen molar-refractivity contribution >= 4 is 29.8 Å². The van der Waals surface area contributed by atoms with E-state index < -0.39 is 53.5 Å². The van der Waals surface area contributed by atoms with Crippen molar-refractivity contribution in [1.29, 1.82) is 0 Å². The number of ether oxygens (including phenoxy) is 2. The average molecular weight is 535 g/mol. The van der Waals surface area contributed by atoms with Crippen LogP contribution in [0.1, 0.15) is 78.0 Å². The SMILES string of the molecule is CCc1ccc(C(C(=O)NCC(=O)OC)N(C(=O)C(CCC(N)=O)NC(=O)OC(C)(C)C)C(C)CC)cc1. The first-order valence-electron chi connectivity index (χ1n) is 12.8. The molecule has 1 aromatic carbocycles. The quantitative estimate of drug-likeness (QED) is 0.328. The molecular formula is C27H42N4O7. The Morgan fingerprint density at radius 2 is 1.66 bits per heavy atom. The number of nitrogens with one attached hydrogen (secondary N) is 2. The van der Waals surface area contributed by atoms with Crippen molar-refractivity contribution in [3.8, 4) is 0 Å². The number of nitrogens with zero attached hydrogens (tertiary/aromatic N) is 1. The lowest BCUT2D eigenvalue weighted by Crippen LogP contribution is -2.55. The normalized spacial score (nSPS) is 13.4. The van der Waals surface area contributed by atoms with E-state index in [0.29, 0.717) is 12.0 Å². The number of amides is 4. The van der Waals surface area contributed by atoms with Crippen molar-refractivity contribution < 1.29 is 33.4 Å². The van der Waals surface area contributed by atoms with Crippen molar-refractivity contribution in [2.75, 3.05) is 13.7 Å². The predicted octanol–water partition coefficient (Wildman–Crippen LogP) is 2.37. The van der Waals surface area contributed by atoms with Crippen LogP contribution in [0.2, 0.25) is 0 Å². The van der Waals surface area contributed by atoms with Crippen molar-refractivity contribution in [3.05, 3.63) is 35.4 Å². The standard InChI is InChI=1S/C27H42N4O7/c1-8-17(3)31(25(35)20(14-15-21(28)32)30-26(36)38-27(4,5)6)23(24(34)29-16-22(33)37-7)19-12-10-18(9-2)11-13-19/h10-13,17,20,23H,8-9,14-16H2,1-7H3,(H2,28,32)(H,29,34)(H,30,36). The van der Waals surface area contributed by atoms with E-state index in [2.05, 4.69) is 15.4 Å². The number of nitrogens with two attached hydrogens (primary N) is 1. The molecular weight excluding hydrogens is 492 g/mol. The maximum atomic E-state index is 14.0. The fourth-order valence-electron chi connectivity index (χ4n) is 3.67. The number of alkyl carbamates (subject to hydrolysis) is 1. The molecule has 4 amide bonds. The number of esters is 1.